The van der Waals surface area contributed by atoms with Crippen LogP contribution in [-0.4, -0.2) is 26.1 Å². The standard InChI is InChI=1S/C18H26O4/c1-4-15(9-11-19-14(2)3)6-5-10-20-16-7-8-17-18(12-16)22-13-21-17/h6-8,12,14H,4-5,9-11,13H2,1-3H3/b15-6+. The molecule has 0 aliphatic carbocycles. The first-order chi connectivity index (χ1) is 10.7. The van der Waals surface area contributed by atoms with Crippen molar-refractivity contribution in [3.63, 3.8) is 0 Å². The molecule has 0 bridgehead atoms. The molecule has 0 amide bonds. The smallest absolute Gasteiger partial charge is 0.231 e. The minimum Gasteiger partial charge on any atom is -0.493 e. The van der Waals surface area contributed by atoms with Gasteiger partial charge in [-0.25, -0.2) is 0 Å². The van der Waals surface area contributed by atoms with Crippen LogP contribution in [0.2, 0.25) is 0 Å². The van der Waals surface area contributed by atoms with Gasteiger partial charge in [-0.15, -0.1) is 0 Å². The van der Waals surface area contributed by atoms with Crippen LogP contribution >= 0.6 is 0 Å². The van der Waals surface area contributed by atoms with Gasteiger partial charge in [0.15, 0.2) is 11.5 Å². The fraction of sp³-hybridized carbons (Fsp3) is 0.556. The molecule has 4 nitrogen and oxygen atoms in total. The summed E-state index contributed by atoms with van der Waals surface area (Å²) < 4.78 is 22.0. The van der Waals surface area contributed by atoms with Gasteiger partial charge in [-0.1, -0.05) is 18.6 Å². The maximum Gasteiger partial charge on any atom is 0.231 e. The Balaban J connectivity index is 1.71. The fourth-order valence-corrected chi connectivity index (χ4v) is 2.26. The Morgan fingerprint density at radius 2 is 2.05 bits per heavy atom. The van der Waals surface area contributed by atoms with Crippen molar-refractivity contribution in [1.82, 2.24) is 0 Å². The molecule has 0 N–H and O–H groups in total. The Morgan fingerprint density at radius 3 is 2.82 bits per heavy atom. The lowest BCUT2D eigenvalue weighted by Crippen LogP contribution is -2.04. The highest BCUT2D eigenvalue weighted by Gasteiger charge is 2.13. The molecule has 0 spiro atoms. The highest BCUT2D eigenvalue weighted by Crippen LogP contribution is 2.35. The Morgan fingerprint density at radius 1 is 1.23 bits per heavy atom. The van der Waals surface area contributed by atoms with Crippen molar-refractivity contribution in [2.45, 2.75) is 46.1 Å². The second-order valence-electron chi connectivity index (χ2n) is 5.54. The van der Waals surface area contributed by atoms with Crippen LogP contribution in [0.1, 0.15) is 40.0 Å². The van der Waals surface area contributed by atoms with E-state index >= 15 is 0 Å². The highest BCUT2D eigenvalue weighted by molar-refractivity contribution is 5.46. The second-order valence-corrected chi connectivity index (χ2v) is 5.54. The maximum atomic E-state index is 5.76. The van der Waals surface area contributed by atoms with Gasteiger partial charge in [-0.3, -0.25) is 0 Å². The van der Waals surface area contributed by atoms with Gasteiger partial charge < -0.3 is 18.9 Å². The summed E-state index contributed by atoms with van der Waals surface area (Å²) in [5, 5.41) is 0. The van der Waals surface area contributed by atoms with E-state index in [4.69, 9.17) is 18.9 Å². The molecule has 2 rings (SSSR count). The summed E-state index contributed by atoms with van der Waals surface area (Å²) in [6.07, 6.45) is 5.52. The monoisotopic (exact) mass is 306 g/mol. The summed E-state index contributed by atoms with van der Waals surface area (Å²) in [5.41, 5.74) is 1.43. The lowest BCUT2D eigenvalue weighted by atomic mass is 10.1. The molecular weight excluding hydrogens is 280 g/mol. The maximum absolute atomic E-state index is 5.76. The summed E-state index contributed by atoms with van der Waals surface area (Å²) in [7, 11) is 0. The summed E-state index contributed by atoms with van der Waals surface area (Å²) in [6.45, 7) is 8.05. The van der Waals surface area contributed by atoms with Crippen molar-refractivity contribution < 1.29 is 18.9 Å². The largest absolute Gasteiger partial charge is 0.493 e. The molecule has 122 valence electrons. The summed E-state index contributed by atoms with van der Waals surface area (Å²) in [6, 6.07) is 5.67. The quantitative estimate of drug-likeness (QED) is 0.502. The normalized spacial score (nSPS) is 13.7. The summed E-state index contributed by atoms with van der Waals surface area (Å²) in [4.78, 5) is 0. The van der Waals surface area contributed by atoms with Crippen LogP contribution in [0.15, 0.2) is 29.8 Å². The van der Waals surface area contributed by atoms with Gasteiger partial charge in [0, 0.05) is 6.07 Å². The van der Waals surface area contributed by atoms with Gasteiger partial charge in [0.05, 0.1) is 19.3 Å². The Labute approximate surface area is 133 Å². The first kappa shape index (κ1) is 16.7. The van der Waals surface area contributed by atoms with Gasteiger partial charge in [-0.05, 0) is 45.2 Å². The Bertz CT molecular complexity index is 494. The SMILES string of the molecule is CC/C(=C\CCOc1ccc2c(c1)OCO2)CCOC(C)C. The molecule has 22 heavy (non-hydrogen) atoms. The summed E-state index contributed by atoms with van der Waals surface area (Å²) in [5.74, 6) is 2.36. The third kappa shape index (κ3) is 5.26. The molecule has 4 heteroatoms. The van der Waals surface area contributed by atoms with Gasteiger partial charge >= 0.3 is 0 Å². The van der Waals surface area contributed by atoms with Crippen LogP contribution in [0.25, 0.3) is 0 Å². The van der Waals surface area contributed by atoms with Crippen molar-refractivity contribution >= 4 is 0 Å². The lowest BCUT2D eigenvalue weighted by molar-refractivity contribution is 0.0810. The zero-order valence-electron chi connectivity index (χ0n) is 13.8. The van der Waals surface area contributed by atoms with E-state index in [-0.39, 0.29) is 0 Å². The molecule has 0 saturated heterocycles. The third-order valence-corrected chi connectivity index (χ3v) is 3.49. The minimum absolute atomic E-state index is 0.292. The van der Waals surface area contributed by atoms with Gasteiger partial charge in [0.2, 0.25) is 6.79 Å². The van der Waals surface area contributed by atoms with Crippen LogP contribution in [0.4, 0.5) is 0 Å². The minimum atomic E-state index is 0.292. The molecule has 0 radical (unpaired) electrons. The van der Waals surface area contributed by atoms with E-state index in [2.05, 4.69) is 26.8 Å². The predicted octanol–water partition coefficient (Wildman–Crippen LogP) is 4.34. The van der Waals surface area contributed by atoms with Crippen molar-refractivity contribution in [3.05, 3.63) is 29.8 Å². The van der Waals surface area contributed by atoms with E-state index in [1.807, 2.05) is 18.2 Å². The molecular formula is C18H26O4. The van der Waals surface area contributed by atoms with Gasteiger partial charge in [-0.2, -0.15) is 0 Å². The first-order valence-corrected chi connectivity index (χ1v) is 8.01. The Kier molecular flexibility index (Phi) is 6.59. The van der Waals surface area contributed by atoms with E-state index in [0.717, 1.165) is 43.1 Å². The van der Waals surface area contributed by atoms with Gasteiger partial charge in [0.25, 0.3) is 0 Å². The van der Waals surface area contributed by atoms with Crippen molar-refractivity contribution in [1.29, 1.82) is 0 Å². The van der Waals surface area contributed by atoms with Crippen LogP contribution in [0, 0.1) is 0 Å². The third-order valence-electron chi connectivity index (χ3n) is 3.49. The molecule has 1 aliphatic rings. The average molecular weight is 306 g/mol. The van der Waals surface area contributed by atoms with Crippen molar-refractivity contribution in [3.8, 4) is 17.2 Å². The van der Waals surface area contributed by atoms with Crippen LogP contribution in [-0.2, 0) is 4.74 Å². The average Bonchev–Trinajstić information content (AvgIpc) is 2.97. The topological polar surface area (TPSA) is 36.9 Å². The molecule has 1 aromatic carbocycles. The molecule has 0 saturated carbocycles. The van der Waals surface area contributed by atoms with E-state index in [1.165, 1.54) is 5.57 Å². The van der Waals surface area contributed by atoms with Crippen molar-refractivity contribution in [2.75, 3.05) is 20.0 Å². The molecule has 1 aromatic rings. The number of rotatable bonds is 9. The number of fused-ring (bicyclic) bond motifs is 1. The molecule has 0 unspecified atom stereocenters. The first-order valence-electron chi connectivity index (χ1n) is 8.01. The number of benzene rings is 1. The highest BCUT2D eigenvalue weighted by atomic mass is 16.7. The molecule has 1 aliphatic heterocycles. The second kappa shape index (κ2) is 8.69. The number of hydrogen-bond acceptors (Lipinski definition) is 4. The molecule has 0 atom stereocenters. The van der Waals surface area contributed by atoms with E-state index in [0.29, 0.717) is 19.5 Å². The zero-order valence-corrected chi connectivity index (χ0v) is 13.8. The molecule has 0 fully saturated rings. The van der Waals surface area contributed by atoms with E-state index in [1.54, 1.807) is 0 Å². The number of hydrogen-bond donors (Lipinski definition) is 0. The molecule has 0 aromatic heterocycles. The Hall–Kier alpha value is -1.68. The predicted molar refractivity (Wildman–Crippen MR) is 86.8 cm³/mol. The van der Waals surface area contributed by atoms with Crippen LogP contribution in [0.3, 0.4) is 0 Å². The zero-order chi connectivity index (χ0) is 15.8. The van der Waals surface area contributed by atoms with Crippen LogP contribution in [0.5, 0.6) is 17.2 Å². The lowest BCUT2D eigenvalue weighted by Gasteiger charge is -2.09. The van der Waals surface area contributed by atoms with E-state index in [9.17, 15) is 0 Å². The van der Waals surface area contributed by atoms with Gasteiger partial charge in [0.1, 0.15) is 5.75 Å². The fourth-order valence-electron chi connectivity index (χ4n) is 2.26. The summed E-state index contributed by atoms with van der Waals surface area (Å²) >= 11 is 0. The number of ether oxygens (including phenoxy) is 4. The van der Waals surface area contributed by atoms with Crippen LogP contribution < -0.4 is 14.2 Å². The van der Waals surface area contributed by atoms with E-state index < -0.39 is 0 Å². The van der Waals surface area contributed by atoms with Crippen molar-refractivity contribution in [2.24, 2.45) is 0 Å². The molecule has 1 heterocycles.